The Morgan fingerprint density at radius 3 is 2.70 bits per heavy atom. The Bertz CT molecular complexity index is 456. The number of benzene rings is 1. The SMILES string of the molecule is BNc1cc(CCCC2CCCCC2)ccc1C(=O)O. The summed E-state index contributed by atoms with van der Waals surface area (Å²) >= 11 is 0. The van der Waals surface area contributed by atoms with Crippen molar-refractivity contribution in [3.63, 3.8) is 0 Å². The maximum Gasteiger partial charge on any atom is 0.337 e. The van der Waals surface area contributed by atoms with E-state index >= 15 is 0 Å². The maximum atomic E-state index is 11.1. The van der Waals surface area contributed by atoms with Crippen LogP contribution in [0.15, 0.2) is 18.2 Å². The molecule has 108 valence electrons. The van der Waals surface area contributed by atoms with Gasteiger partial charge in [0.05, 0.1) is 5.56 Å². The zero-order chi connectivity index (χ0) is 14.4. The van der Waals surface area contributed by atoms with Crippen molar-refractivity contribution in [3.05, 3.63) is 29.3 Å². The first kappa shape index (κ1) is 15.0. The molecule has 0 atom stereocenters. The van der Waals surface area contributed by atoms with E-state index in [0.29, 0.717) is 11.3 Å². The molecule has 1 saturated carbocycles. The highest BCUT2D eigenvalue weighted by Crippen LogP contribution is 2.28. The first-order valence-electron chi connectivity index (χ1n) is 7.74. The number of carboxylic acids is 1. The highest BCUT2D eigenvalue weighted by molar-refractivity contribution is 6.17. The molecule has 0 spiro atoms. The van der Waals surface area contributed by atoms with Gasteiger partial charge in [0.25, 0.3) is 0 Å². The summed E-state index contributed by atoms with van der Waals surface area (Å²) in [6, 6.07) is 5.64. The third kappa shape index (κ3) is 4.02. The van der Waals surface area contributed by atoms with Crippen molar-refractivity contribution >= 4 is 19.6 Å². The minimum Gasteiger partial charge on any atom is -0.478 e. The maximum absolute atomic E-state index is 11.1. The lowest BCUT2D eigenvalue weighted by Crippen LogP contribution is -2.07. The molecule has 0 amide bonds. The van der Waals surface area contributed by atoms with Crippen molar-refractivity contribution in [2.24, 2.45) is 5.92 Å². The van der Waals surface area contributed by atoms with Gasteiger partial charge in [0, 0.05) is 5.69 Å². The topological polar surface area (TPSA) is 49.3 Å². The average Bonchev–Trinajstić information content (AvgIpc) is 2.48. The van der Waals surface area contributed by atoms with Gasteiger partial charge in [-0.1, -0.05) is 44.6 Å². The van der Waals surface area contributed by atoms with Crippen LogP contribution in [0.4, 0.5) is 5.69 Å². The van der Waals surface area contributed by atoms with E-state index in [4.69, 9.17) is 5.11 Å². The Kier molecular flexibility index (Phi) is 5.51. The molecule has 2 N–H and O–H groups in total. The Morgan fingerprint density at radius 2 is 2.05 bits per heavy atom. The molecule has 0 radical (unpaired) electrons. The largest absolute Gasteiger partial charge is 0.478 e. The first-order valence-corrected chi connectivity index (χ1v) is 7.74. The van der Waals surface area contributed by atoms with Gasteiger partial charge >= 0.3 is 5.97 Å². The third-order valence-electron chi connectivity index (χ3n) is 4.39. The molecule has 0 aliphatic heterocycles. The molecule has 4 heteroatoms. The van der Waals surface area contributed by atoms with Gasteiger partial charge in [0.1, 0.15) is 0 Å². The lowest BCUT2D eigenvalue weighted by atomic mass is 9.85. The minimum atomic E-state index is -0.872. The second-order valence-corrected chi connectivity index (χ2v) is 5.83. The molecule has 0 bridgehead atoms. The first-order chi connectivity index (χ1) is 9.70. The Morgan fingerprint density at radius 1 is 1.30 bits per heavy atom. The number of aryl methyl sites for hydroxylation is 1. The fourth-order valence-corrected chi connectivity index (χ4v) is 3.21. The van der Waals surface area contributed by atoms with E-state index in [1.807, 2.05) is 12.1 Å². The molecule has 1 fully saturated rings. The van der Waals surface area contributed by atoms with E-state index in [2.05, 4.69) is 5.23 Å². The van der Waals surface area contributed by atoms with Gasteiger partial charge in [-0.15, -0.1) is 0 Å². The molecule has 0 unspecified atom stereocenters. The molecule has 0 aromatic heterocycles. The van der Waals surface area contributed by atoms with Crippen LogP contribution in [0.3, 0.4) is 0 Å². The van der Waals surface area contributed by atoms with Crippen LogP contribution in [0.2, 0.25) is 0 Å². The van der Waals surface area contributed by atoms with E-state index in [0.717, 1.165) is 12.3 Å². The summed E-state index contributed by atoms with van der Waals surface area (Å²) in [5, 5.41) is 12.1. The fourth-order valence-electron chi connectivity index (χ4n) is 3.21. The van der Waals surface area contributed by atoms with Gasteiger partial charge in [0.2, 0.25) is 7.98 Å². The predicted molar refractivity (Wildman–Crippen MR) is 85.1 cm³/mol. The molecule has 3 nitrogen and oxygen atoms in total. The predicted octanol–water partition coefficient (Wildman–Crippen LogP) is 3.25. The Labute approximate surface area is 122 Å². The normalized spacial score (nSPS) is 16.0. The van der Waals surface area contributed by atoms with E-state index in [-0.39, 0.29) is 0 Å². The smallest absolute Gasteiger partial charge is 0.337 e. The molecular weight excluding hydrogens is 249 g/mol. The lowest BCUT2D eigenvalue weighted by Gasteiger charge is -2.21. The average molecular weight is 273 g/mol. The number of anilines is 1. The summed E-state index contributed by atoms with van der Waals surface area (Å²) in [5.41, 5.74) is 2.30. The van der Waals surface area contributed by atoms with Crippen LogP contribution in [-0.2, 0) is 6.42 Å². The van der Waals surface area contributed by atoms with Gasteiger partial charge in [-0.2, -0.15) is 0 Å². The molecule has 1 aromatic rings. The molecule has 1 aliphatic rings. The van der Waals surface area contributed by atoms with Crippen molar-refractivity contribution in [3.8, 4) is 0 Å². The zero-order valence-electron chi connectivity index (χ0n) is 12.3. The fraction of sp³-hybridized carbons (Fsp3) is 0.562. The minimum absolute atomic E-state index is 0.350. The summed E-state index contributed by atoms with van der Waals surface area (Å²) in [6.45, 7) is 0. The standard InChI is InChI=1S/C16H24BNO2/c17-18-15-11-13(9-10-14(15)16(19)20)8-4-7-12-5-2-1-3-6-12/h9-12,18H,1-8,17H2,(H,19,20). The van der Waals surface area contributed by atoms with Gasteiger partial charge in [-0.3, -0.25) is 0 Å². The van der Waals surface area contributed by atoms with Gasteiger partial charge < -0.3 is 10.3 Å². The summed E-state index contributed by atoms with van der Waals surface area (Å²) in [4.78, 5) is 11.1. The molecule has 1 aliphatic carbocycles. The van der Waals surface area contributed by atoms with Crippen LogP contribution in [0.25, 0.3) is 0 Å². The van der Waals surface area contributed by atoms with Crippen molar-refractivity contribution in [2.45, 2.75) is 51.4 Å². The van der Waals surface area contributed by atoms with Crippen molar-refractivity contribution in [2.75, 3.05) is 5.23 Å². The number of carbonyl (C=O) groups is 1. The van der Waals surface area contributed by atoms with Crippen LogP contribution in [0, 0.1) is 5.92 Å². The van der Waals surface area contributed by atoms with Crippen molar-refractivity contribution in [1.82, 2.24) is 0 Å². The molecule has 1 aromatic carbocycles. The summed E-state index contributed by atoms with van der Waals surface area (Å²) < 4.78 is 0. The monoisotopic (exact) mass is 273 g/mol. The molecule has 0 saturated heterocycles. The van der Waals surface area contributed by atoms with Crippen LogP contribution >= 0.6 is 0 Å². The van der Waals surface area contributed by atoms with Crippen molar-refractivity contribution in [1.29, 1.82) is 0 Å². The summed E-state index contributed by atoms with van der Waals surface area (Å²) in [5.74, 6) is 0.0499. The number of hydrogen-bond donors (Lipinski definition) is 2. The molecule has 20 heavy (non-hydrogen) atoms. The van der Waals surface area contributed by atoms with Crippen LogP contribution in [0.1, 0.15) is 60.9 Å². The number of rotatable bonds is 6. The van der Waals surface area contributed by atoms with Crippen LogP contribution in [-0.4, -0.2) is 19.1 Å². The molecule has 2 rings (SSSR count). The lowest BCUT2D eigenvalue weighted by molar-refractivity contribution is 0.0698. The van der Waals surface area contributed by atoms with Crippen molar-refractivity contribution < 1.29 is 9.90 Å². The second kappa shape index (κ2) is 7.37. The Balaban J connectivity index is 1.87. The third-order valence-corrected chi connectivity index (χ3v) is 4.39. The van der Waals surface area contributed by atoms with Gasteiger partial charge in [-0.25, -0.2) is 4.79 Å². The quantitative estimate of drug-likeness (QED) is 0.782. The zero-order valence-corrected chi connectivity index (χ0v) is 12.3. The number of nitrogens with one attached hydrogen (secondary N) is 1. The van der Waals surface area contributed by atoms with Crippen LogP contribution in [0.5, 0.6) is 0 Å². The van der Waals surface area contributed by atoms with E-state index in [1.165, 1.54) is 50.5 Å². The highest BCUT2D eigenvalue weighted by Gasteiger charge is 2.13. The van der Waals surface area contributed by atoms with E-state index in [9.17, 15) is 4.79 Å². The number of aromatic carboxylic acids is 1. The number of carboxylic acid groups (broad SMARTS) is 1. The molecule has 0 heterocycles. The van der Waals surface area contributed by atoms with E-state index in [1.54, 1.807) is 14.0 Å². The highest BCUT2D eigenvalue weighted by atomic mass is 16.4. The summed E-state index contributed by atoms with van der Waals surface area (Å²) in [7, 11) is 1.77. The number of hydrogen-bond acceptors (Lipinski definition) is 2. The van der Waals surface area contributed by atoms with E-state index < -0.39 is 5.97 Å². The summed E-state index contributed by atoms with van der Waals surface area (Å²) in [6.07, 6.45) is 10.6. The second-order valence-electron chi connectivity index (χ2n) is 5.83. The van der Waals surface area contributed by atoms with Crippen LogP contribution < -0.4 is 5.23 Å². The molecular formula is C16H24BNO2. The van der Waals surface area contributed by atoms with Gasteiger partial charge in [0.15, 0.2) is 0 Å². The van der Waals surface area contributed by atoms with Gasteiger partial charge in [-0.05, 0) is 36.5 Å². The Hall–Kier alpha value is -1.45.